The third kappa shape index (κ3) is 5.50. The SMILES string of the molecule is CC1(C)Cc2c(c3c(c(C4CCOCC4)[n+]2[O-])C(c2ccc(C(C)(C)C)cc2)OC32CCCC2)C(O[Si](C)(C)C(C)(C)C)C1. The van der Waals surface area contributed by atoms with Gasteiger partial charge in [0.15, 0.2) is 14.0 Å². The maximum Gasteiger partial charge on any atom is 0.202 e. The predicted molar refractivity (Wildman–Crippen MR) is 180 cm³/mol. The number of hydrogen-bond acceptors (Lipinski definition) is 4. The van der Waals surface area contributed by atoms with E-state index in [0.717, 1.165) is 68.3 Å². The van der Waals surface area contributed by atoms with Crippen LogP contribution in [-0.4, -0.2) is 21.5 Å². The lowest BCUT2D eigenvalue weighted by molar-refractivity contribution is -0.627. The minimum absolute atomic E-state index is 0.0299. The number of pyridine rings is 1. The molecular weight excluding hydrogens is 563 g/mol. The topological polar surface area (TPSA) is 54.6 Å². The predicted octanol–water partition coefficient (Wildman–Crippen LogP) is 9.44. The van der Waals surface area contributed by atoms with E-state index in [0.29, 0.717) is 13.2 Å². The maximum absolute atomic E-state index is 15.0. The summed E-state index contributed by atoms with van der Waals surface area (Å²) in [7, 11) is -2.14. The Morgan fingerprint density at radius 1 is 0.932 bits per heavy atom. The van der Waals surface area contributed by atoms with Crippen LogP contribution in [0, 0.1) is 10.6 Å². The molecule has 0 bridgehead atoms. The van der Waals surface area contributed by atoms with Gasteiger partial charge in [0.1, 0.15) is 6.10 Å². The van der Waals surface area contributed by atoms with Crippen molar-refractivity contribution in [1.29, 1.82) is 0 Å². The standard InChI is InChI=1S/C38H57NO4Si/c1-35(2,3)27-15-13-26(14-16-27)34-31-32(38(42-34)19-11-12-20-38)30-28(39(40)33(31)25-17-21-41-22-18-25)23-37(7,8)24-29(30)43-44(9,10)36(4,5)6/h13-16,25,29,34H,11-12,17-24H2,1-10H3. The van der Waals surface area contributed by atoms with Crippen molar-refractivity contribution in [2.24, 2.45) is 5.41 Å². The van der Waals surface area contributed by atoms with Gasteiger partial charge in [0.05, 0.1) is 22.8 Å². The average Bonchev–Trinajstić information content (AvgIpc) is 3.53. The first kappa shape index (κ1) is 32.2. The first-order valence-electron chi connectivity index (χ1n) is 17.3. The molecule has 2 aliphatic carbocycles. The number of benzene rings is 1. The fraction of sp³-hybridized carbons (Fsp3) is 0.711. The lowest BCUT2D eigenvalue weighted by Crippen LogP contribution is -2.49. The number of aromatic nitrogens is 1. The molecule has 44 heavy (non-hydrogen) atoms. The molecule has 5 nitrogen and oxygen atoms in total. The first-order valence-corrected chi connectivity index (χ1v) is 20.2. The molecule has 4 aliphatic rings. The molecule has 1 saturated heterocycles. The summed E-state index contributed by atoms with van der Waals surface area (Å²) in [5.74, 6) is 0.168. The Balaban J connectivity index is 1.63. The van der Waals surface area contributed by atoms with Crippen molar-refractivity contribution in [1.82, 2.24) is 0 Å². The lowest BCUT2D eigenvalue weighted by atomic mass is 9.70. The molecular formula is C38H57NO4Si. The third-order valence-corrected chi connectivity index (χ3v) is 16.2. The van der Waals surface area contributed by atoms with Gasteiger partial charge in [-0.3, -0.25) is 0 Å². The van der Waals surface area contributed by atoms with Gasteiger partial charge < -0.3 is 19.1 Å². The summed E-state index contributed by atoms with van der Waals surface area (Å²) in [5.41, 5.74) is 7.75. The highest BCUT2D eigenvalue weighted by molar-refractivity contribution is 6.74. The second-order valence-electron chi connectivity index (χ2n) is 17.7. The minimum atomic E-state index is -2.14. The molecule has 0 N–H and O–H groups in total. The van der Waals surface area contributed by atoms with Crippen molar-refractivity contribution in [2.75, 3.05) is 13.2 Å². The molecule has 0 amide bonds. The van der Waals surface area contributed by atoms with Gasteiger partial charge in [-0.2, -0.15) is 4.73 Å². The summed E-state index contributed by atoms with van der Waals surface area (Å²) in [6.45, 7) is 24.5. The molecule has 1 saturated carbocycles. The van der Waals surface area contributed by atoms with Gasteiger partial charge in [-0.15, -0.1) is 0 Å². The molecule has 3 heterocycles. The van der Waals surface area contributed by atoms with Crippen molar-refractivity contribution < 1.29 is 18.6 Å². The van der Waals surface area contributed by atoms with Crippen molar-refractivity contribution in [3.63, 3.8) is 0 Å². The molecule has 1 aromatic heterocycles. The van der Waals surface area contributed by atoms with Gasteiger partial charge >= 0.3 is 0 Å². The second kappa shape index (κ2) is 10.9. The van der Waals surface area contributed by atoms with Crippen LogP contribution in [0.1, 0.15) is 158 Å². The average molecular weight is 620 g/mol. The number of nitrogens with zero attached hydrogens (tertiary/aromatic N) is 1. The molecule has 2 unspecified atom stereocenters. The normalized spacial score (nSPS) is 25.3. The largest absolute Gasteiger partial charge is 0.618 e. The van der Waals surface area contributed by atoms with Crippen LogP contribution >= 0.6 is 0 Å². The zero-order valence-electron chi connectivity index (χ0n) is 29.2. The third-order valence-electron chi connectivity index (χ3n) is 11.7. The molecule has 2 fully saturated rings. The first-order chi connectivity index (χ1) is 20.4. The molecule has 6 heteroatoms. The van der Waals surface area contributed by atoms with E-state index in [1.54, 1.807) is 0 Å². The minimum Gasteiger partial charge on any atom is -0.618 e. The monoisotopic (exact) mass is 619 g/mol. The van der Waals surface area contributed by atoms with E-state index in [1.807, 2.05) is 0 Å². The second-order valence-corrected chi connectivity index (χ2v) is 22.5. The van der Waals surface area contributed by atoms with Crippen molar-refractivity contribution >= 4 is 8.32 Å². The van der Waals surface area contributed by atoms with E-state index < -0.39 is 8.32 Å². The zero-order valence-corrected chi connectivity index (χ0v) is 30.2. The van der Waals surface area contributed by atoms with Crippen molar-refractivity contribution in [3.8, 4) is 0 Å². The van der Waals surface area contributed by atoms with Crippen LogP contribution in [-0.2, 0) is 31.3 Å². The fourth-order valence-electron chi connectivity index (χ4n) is 8.22. The summed E-state index contributed by atoms with van der Waals surface area (Å²) < 4.78 is 22.0. The molecule has 1 spiro atoms. The van der Waals surface area contributed by atoms with Crippen LogP contribution in [0.5, 0.6) is 0 Å². The van der Waals surface area contributed by atoms with E-state index in [-0.39, 0.29) is 39.6 Å². The smallest absolute Gasteiger partial charge is 0.202 e. The number of fused-ring (bicyclic) bond motifs is 4. The molecule has 2 aromatic rings. The Labute approximate surface area is 267 Å². The van der Waals surface area contributed by atoms with Gasteiger partial charge in [0, 0.05) is 31.1 Å². The van der Waals surface area contributed by atoms with Gasteiger partial charge in [-0.1, -0.05) is 92.5 Å². The van der Waals surface area contributed by atoms with E-state index in [9.17, 15) is 0 Å². The summed E-state index contributed by atoms with van der Waals surface area (Å²) in [6.07, 6.45) is 7.44. The number of ether oxygens (including phenoxy) is 2. The van der Waals surface area contributed by atoms with Crippen LogP contribution in [0.15, 0.2) is 24.3 Å². The summed E-state index contributed by atoms with van der Waals surface area (Å²) >= 11 is 0. The highest BCUT2D eigenvalue weighted by Gasteiger charge is 2.57. The maximum atomic E-state index is 15.0. The Hall–Kier alpha value is -1.73. The lowest BCUT2D eigenvalue weighted by Gasteiger charge is -2.45. The molecule has 2 aliphatic heterocycles. The quantitative estimate of drug-likeness (QED) is 0.194. The van der Waals surface area contributed by atoms with Crippen LogP contribution in [0.4, 0.5) is 0 Å². The number of rotatable bonds is 4. The van der Waals surface area contributed by atoms with Crippen LogP contribution in [0.25, 0.3) is 0 Å². The number of hydrogen-bond donors (Lipinski definition) is 0. The Kier molecular flexibility index (Phi) is 8.00. The van der Waals surface area contributed by atoms with Gasteiger partial charge in [-0.25, -0.2) is 0 Å². The molecule has 2 atom stereocenters. The summed E-state index contributed by atoms with van der Waals surface area (Å²) in [4.78, 5) is 0. The van der Waals surface area contributed by atoms with E-state index in [1.165, 1.54) is 27.0 Å². The molecule has 0 radical (unpaired) electrons. The highest BCUT2D eigenvalue weighted by atomic mass is 28.4. The van der Waals surface area contributed by atoms with E-state index in [4.69, 9.17) is 13.9 Å². The Bertz CT molecular complexity index is 1390. The van der Waals surface area contributed by atoms with Crippen LogP contribution in [0.2, 0.25) is 18.1 Å². The van der Waals surface area contributed by atoms with Gasteiger partial charge in [-0.05, 0) is 72.2 Å². The van der Waals surface area contributed by atoms with Crippen LogP contribution in [0.3, 0.4) is 0 Å². The molecule has 1 aromatic carbocycles. The summed E-state index contributed by atoms with van der Waals surface area (Å²) in [5, 5.41) is 15.1. The van der Waals surface area contributed by atoms with Crippen molar-refractivity contribution in [2.45, 2.75) is 154 Å². The van der Waals surface area contributed by atoms with Crippen LogP contribution < -0.4 is 4.73 Å². The van der Waals surface area contributed by atoms with E-state index in [2.05, 4.69) is 92.7 Å². The Morgan fingerprint density at radius 2 is 1.55 bits per heavy atom. The Morgan fingerprint density at radius 3 is 2.11 bits per heavy atom. The van der Waals surface area contributed by atoms with Crippen molar-refractivity contribution in [3.05, 3.63) is 68.7 Å². The molecule has 6 rings (SSSR count). The zero-order chi connectivity index (χ0) is 31.9. The van der Waals surface area contributed by atoms with Gasteiger partial charge in [0.2, 0.25) is 5.69 Å². The summed E-state index contributed by atoms with van der Waals surface area (Å²) in [6, 6.07) is 9.06. The highest BCUT2D eigenvalue weighted by Crippen LogP contribution is 2.60. The van der Waals surface area contributed by atoms with E-state index >= 15 is 5.21 Å². The molecule has 242 valence electrons. The fourth-order valence-corrected chi connectivity index (χ4v) is 9.49. The van der Waals surface area contributed by atoms with Gasteiger partial charge in [0.25, 0.3) is 0 Å².